The Morgan fingerprint density at radius 3 is 2.80 bits per heavy atom. The summed E-state index contributed by atoms with van der Waals surface area (Å²) in [6.45, 7) is 8.36. The van der Waals surface area contributed by atoms with Crippen LogP contribution in [0.1, 0.15) is 37.3 Å². The minimum absolute atomic E-state index is 0.549. The molecule has 2 saturated heterocycles. The van der Waals surface area contributed by atoms with E-state index in [1.807, 2.05) is 17.9 Å². The topological polar surface area (TPSA) is 48.7 Å². The van der Waals surface area contributed by atoms with E-state index >= 15 is 0 Å². The van der Waals surface area contributed by atoms with Gasteiger partial charge >= 0.3 is 0 Å². The lowest BCUT2D eigenvalue weighted by Gasteiger charge is -2.25. The molecule has 162 valence electrons. The van der Waals surface area contributed by atoms with Crippen LogP contribution in [0.5, 0.6) is 0 Å². The molecule has 0 aliphatic carbocycles. The molecular formula is C24H36N6. The number of nitrogens with zero attached hydrogens (tertiary/aromatic N) is 5. The van der Waals surface area contributed by atoms with E-state index in [9.17, 15) is 0 Å². The summed E-state index contributed by atoms with van der Waals surface area (Å²) in [6.07, 6.45) is 9.01. The molecule has 6 heteroatoms. The molecule has 2 atom stereocenters. The summed E-state index contributed by atoms with van der Waals surface area (Å²) >= 11 is 0. The van der Waals surface area contributed by atoms with Gasteiger partial charge in [-0.15, -0.1) is 0 Å². The largest absolute Gasteiger partial charge is 0.357 e. The average Bonchev–Trinajstić information content (AvgIpc) is 3.49. The zero-order chi connectivity index (χ0) is 20.8. The molecule has 1 aromatic heterocycles. The summed E-state index contributed by atoms with van der Waals surface area (Å²) in [5.74, 6) is 1.77. The Bertz CT molecular complexity index is 814. The second kappa shape index (κ2) is 10.1. The number of rotatable bonds is 7. The first-order valence-electron chi connectivity index (χ1n) is 11.5. The van der Waals surface area contributed by atoms with E-state index in [1.165, 1.54) is 36.9 Å². The summed E-state index contributed by atoms with van der Waals surface area (Å²) in [6, 6.07) is 11.4. The Morgan fingerprint density at radius 2 is 2.03 bits per heavy atom. The molecule has 1 N–H and O–H groups in total. The molecular weight excluding hydrogens is 372 g/mol. The van der Waals surface area contributed by atoms with Gasteiger partial charge in [-0.25, -0.2) is 0 Å². The van der Waals surface area contributed by atoms with Crippen molar-refractivity contribution < 1.29 is 0 Å². The fourth-order valence-electron chi connectivity index (χ4n) is 4.85. The van der Waals surface area contributed by atoms with E-state index < -0.39 is 0 Å². The quantitative estimate of drug-likeness (QED) is 0.565. The summed E-state index contributed by atoms with van der Waals surface area (Å²) in [4.78, 5) is 10.2. The lowest BCUT2D eigenvalue weighted by molar-refractivity contribution is 0.250. The number of benzene rings is 1. The highest BCUT2D eigenvalue weighted by molar-refractivity contribution is 5.80. The zero-order valence-electron chi connectivity index (χ0n) is 18.5. The van der Waals surface area contributed by atoms with Crippen LogP contribution in [0.3, 0.4) is 0 Å². The Labute approximate surface area is 181 Å². The monoisotopic (exact) mass is 408 g/mol. The molecule has 2 aliphatic heterocycles. The third-order valence-electron chi connectivity index (χ3n) is 6.38. The average molecular weight is 409 g/mol. The van der Waals surface area contributed by atoms with Gasteiger partial charge in [-0.3, -0.25) is 14.6 Å². The molecule has 2 aromatic rings. The van der Waals surface area contributed by atoms with Crippen molar-refractivity contribution in [1.82, 2.24) is 24.9 Å². The van der Waals surface area contributed by atoms with Crippen LogP contribution in [0.2, 0.25) is 0 Å². The van der Waals surface area contributed by atoms with E-state index in [4.69, 9.17) is 4.99 Å². The summed E-state index contributed by atoms with van der Waals surface area (Å²) in [5, 5.41) is 7.86. The van der Waals surface area contributed by atoms with Crippen LogP contribution in [0.4, 0.5) is 0 Å². The number of likely N-dealkylation sites (tertiary alicyclic amines) is 2. The van der Waals surface area contributed by atoms with Gasteiger partial charge in [0.2, 0.25) is 0 Å². The van der Waals surface area contributed by atoms with Crippen molar-refractivity contribution >= 4 is 5.96 Å². The van der Waals surface area contributed by atoms with Crippen LogP contribution in [-0.2, 0) is 20.0 Å². The van der Waals surface area contributed by atoms with Crippen molar-refractivity contribution in [3.05, 3.63) is 53.9 Å². The van der Waals surface area contributed by atoms with Crippen molar-refractivity contribution in [2.45, 2.75) is 45.2 Å². The van der Waals surface area contributed by atoms with Gasteiger partial charge in [0.25, 0.3) is 0 Å². The maximum atomic E-state index is 5.09. The SMILES string of the molecule is CCNC(=NCC1CCCN1Cc1ccccc1)N1CCC(Cc2cnn(C)c2)C1. The first-order chi connectivity index (χ1) is 14.7. The molecule has 1 aromatic carbocycles. The third kappa shape index (κ3) is 5.42. The number of guanidine groups is 1. The first kappa shape index (κ1) is 20.9. The standard InChI is InChI=1S/C24H36N6/c1-3-25-24(30-13-11-21(19-30)14-22-15-27-28(2)17-22)26-16-23-10-7-12-29(23)18-20-8-5-4-6-9-20/h4-6,8-9,15,17,21,23H,3,7,10-14,16,18-19H2,1-2H3,(H,25,26). The Kier molecular flexibility index (Phi) is 7.05. The van der Waals surface area contributed by atoms with Crippen LogP contribution in [0.15, 0.2) is 47.7 Å². The molecule has 4 rings (SSSR count). The lowest BCUT2D eigenvalue weighted by Crippen LogP contribution is -2.41. The van der Waals surface area contributed by atoms with Crippen LogP contribution < -0.4 is 5.32 Å². The van der Waals surface area contributed by atoms with Crippen molar-refractivity contribution in [1.29, 1.82) is 0 Å². The van der Waals surface area contributed by atoms with Gasteiger partial charge in [0.1, 0.15) is 0 Å². The zero-order valence-corrected chi connectivity index (χ0v) is 18.5. The van der Waals surface area contributed by atoms with Crippen molar-refractivity contribution in [3.63, 3.8) is 0 Å². The third-order valence-corrected chi connectivity index (χ3v) is 6.38. The smallest absolute Gasteiger partial charge is 0.193 e. The fourth-order valence-corrected chi connectivity index (χ4v) is 4.85. The number of aromatic nitrogens is 2. The van der Waals surface area contributed by atoms with E-state index in [-0.39, 0.29) is 0 Å². The van der Waals surface area contributed by atoms with Gasteiger partial charge in [-0.05, 0) is 56.2 Å². The maximum absolute atomic E-state index is 5.09. The van der Waals surface area contributed by atoms with Gasteiger partial charge in [-0.1, -0.05) is 30.3 Å². The highest BCUT2D eigenvalue weighted by Gasteiger charge is 2.27. The van der Waals surface area contributed by atoms with Gasteiger partial charge in [0, 0.05) is 45.5 Å². The van der Waals surface area contributed by atoms with Crippen LogP contribution in [0, 0.1) is 5.92 Å². The van der Waals surface area contributed by atoms with Crippen LogP contribution >= 0.6 is 0 Å². The predicted molar refractivity (Wildman–Crippen MR) is 122 cm³/mol. The van der Waals surface area contributed by atoms with Gasteiger partial charge in [0.15, 0.2) is 5.96 Å². The van der Waals surface area contributed by atoms with E-state index in [0.717, 1.165) is 45.1 Å². The summed E-state index contributed by atoms with van der Waals surface area (Å²) < 4.78 is 1.90. The second-order valence-electron chi connectivity index (χ2n) is 8.77. The van der Waals surface area contributed by atoms with Crippen molar-refractivity contribution in [2.24, 2.45) is 18.0 Å². The molecule has 0 amide bonds. The predicted octanol–water partition coefficient (Wildman–Crippen LogP) is 2.91. The number of hydrogen-bond acceptors (Lipinski definition) is 3. The lowest BCUT2D eigenvalue weighted by atomic mass is 10.0. The molecule has 30 heavy (non-hydrogen) atoms. The number of hydrogen-bond donors (Lipinski definition) is 1. The van der Waals surface area contributed by atoms with E-state index in [2.05, 4.69) is 63.7 Å². The molecule has 0 bridgehead atoms. The van der Waals surface area contributed by atoms with Crippen molar-refractivity contribution in [2.75, 3.05) is 32.7 Å². The number of nitrogens with one attached hydrogen (secondary N) is 1. The molecule has 2 unspecified atom stereocenters. The van der Waals surface area contributed by atoms with Crippen LogP contribution in [-0.4, -0.2) is 64.3 Å². The maximum Gasteiger partial charge on any atom is 0.193 e. The van der Waals surface area contributed by atoms with Gasteiger partial charge in [0.05, 0.1) is 12.7 Å². The van der Waals surface area contributed by atoms with E-state index in [0.29, 0.717) is 12.0 Å². The van der Waals surface area contributed by atoms with Gasteiger partial charge < -0.3 is 10.2 Å². The van der Waals surface area contributed by atoms with Gasteiger partial charge in [-0.2, -0.15) is 5.10 Å². The first-order valence-corrected chi connectivity index (χ1v) is 11.5. The molecule has 3 heterocycles. The highest BCUT2D eigenvalue weighted by atomic mass is 15.3. The molecule has 0 saturated carbocycles. The Balaban J connectivity index is 1.34. The molecule has 2 fully saturated rings. The molecule has 6 nitrogen and oxygen atoms in total. The minimum atomic E-state index is 0.549. The molecule has 2 aliphatic rings. The fraction of sp³-hybridized carbons (Fsp3) is 0.583. The minimum Gasteiger partial charge on any atom is -0.357 e. The van der Waals surface area contributed by atoms with E-state index in [1.54, 1.807) is 0 Å². The highest BCUT2D eigenvalue weighted by Crippen LogP contribution is 2.22. The normalized spacial score (nSPS) is 22.7. The molecule has 0 radical (unpaired) electrons. The number of aliphatic imine (C=N–C) groups is 1. The van der Waals surface area contributed by atoms with Crippen molar-refractivity contribution in [3.8, 4) is 0 Å². The Hall–Kier alpha value is -2.34. The molecule has 0 spiro atoms. The summed E-state index contributed by atoms with van der Waals surface area (Å²) in [7, 11) is 1.99. The Morgan fingerprint density at radius 1 is 1.17 bits per heavy atom. The van der Waals surface area contributed by atoms with Crippen LogP contribution in [0.25, 0.3) is 0 Å². The summed E-state index contributed by atoms with van der Waals surface area (Å²) in [5.41, 5.74) is 2.74. The number of aryl methyl sites for hydroxylation is 1. The second-order valence-corrected chi connectivity index (χ2v) is 8.77.